The molecule has 0 spiro atoms. The number of halogens is 1. The third-order valence-electron chi connectivity index (χ3n) is 2.49. The van der Waals surface area contributed by atoms with E-state index in [0.29, 0.717) is 0 Å². The van der Waals surface area contributed by atoms with Crippen LogP contribution in [-0.4, -0.2) is 13.4 Å². The molecule has 0 aromatic heterocycles. The first-order valence-electron chi connectivity index (χ1n) is 5.77. The van der Waals surface area contributed by atoms with Crippen molar-refractivity contribution < 1.29 is 0 Å². The number of hydrogen-bond acceptors (Lipinski definition) is 0. The number of rotatable bonds is 7. The molecule has 14 heavy (non-hydrogen) atoms. The van der Waals surface area contributed by atoms with E-state index in [9.17, 15) is 0 Å². The average Bonchev–Trinajstić information content (AvgIpc) is 2.09. The minimum Gasteiger partial charge on any atom is -0.0928 e. The van der Waals surface area contributed by atoms with Crippen molar-refractivity contribution in [2.75, 3.05) is 5.33 Å². The summed E-state index contributed by atoms with van der Waals surface area (Å²) in [4.78, 5) is 0. The van der Waals surface area contributed by atoms with Gasteiger partial charge in [-0.1, -0.05) is 66.6 Å². The van der Waals surface area contributed by atoms with Crippen molar-refractivity contribution in [1.82, 2.24) is 0 Å². The molecule has 0 bridgehead atoms. The molecule has 0 radical (unpaired) electrons. The maximum atomic E-state index is 3.51. The fourth-order valence-corrected chi connectivity index (χ4v) is 3.48. The van der Waals surface area contributed by atoms with Crippen LogP contribution in [0.15, 0.2) is 11.3 Å². The summed E-state index contributed by atoms with van der Waals surface area (Å²) in [5.41, 5.74) is 0. The molecule has 0 fully saturated rings. The van der Waals surface area contributed by atoms with Crippen molar-refractivity contribution in [2.24, 2.45) is 0 Å². The lowest BCUT2D eigenvalue weighted by Crippen LogP contribution is -2.24. The second kappa shape index (κ2) is 7.69. The van der Waals surface area contributed by atoms with Gasteiger partial charge < -0.3 is 0 Å². The molecule has 0 heterocycles. The van der Waals surface area contributed by atoms with Crippen LogP contribution in [0.5, 0.6) is 0 Å². The van der Waals surface area contributed by atoms with Crippen LogP contribution in [0.3, 0.4) is 0 Å². The van der Waals surface area contributed by atoms with Crippen molar-refractivity contribution in [3.63, 3.8) is 0 Å². The number of unbranched alkanes of at least 4 members (excludes halogenated alkanes) is 2. The Balaban J connectivity index is 4.16. The van der Waals surface area contributed by atoms with Gasteiger partial charge in [0.2, 0.25) is 0 Å². The van der Waals surface area contributed by atoms with Crippen molar-refractivity contribution in [1.29, 1.82) is 0 Å². The molecular formula is C12H25BrSi. The molecule has 0 aromatic rings. The highest BCUT2D eigenvalue weighted by Crippen LogP contribution is 2.21. The Kier molecular flexibility index (Phi) is 7.93. The highest BCUT2D eigenvalue weighted by atomic mass is 79.9. The summed E-state index contributed by atoms with van der Waals surface area (Å²) in [6.07, 6.45) is 9.08. The molecule has 0 aliphatic carbocycles. The maximum Gasteiger partial charge on any atom is 0.0720 e. The first kappa shape index (κ1) is 14.4. The summed E-state index contributed by atoms with van der Waals surface area (Å²) >= 11 is 3.51. The van der Waals surface area contributed by atoms with Gasteiger partial charge in [0.1, 0.15) is 0 Å². The molecule has 0 saturated carbocycles. The van der Waals surface area contributed by atoms with Gasteiger partial charge in [0, 0.05) is 5.33 Å². The average molecular weight is 277 g/mol. The van der Waals surface area contributed by atoms with Crippen LogP contribution in [0.25, 0.3) is 0 Å². The minimum absolute atomic E-state index is 1.03. The molecule has 0 nitrogen and oxygen atoms in total. The first-order valence-corrected chi connectivity index (χ1v) is 10.4. The predicted molar refractivity (Wildman–Crippen MR) is 74.0 cm³/mol. The van der Waals surface area contributed by atoms with E-state index >= 15 is 0 Å². The van der Waals surface area contributed by atoms with E-state index in [1.54, 1.807) is 5.20 Å². The standard InChI is InChI=1S/C12H25BrSi/c1-5-6-7-9-12(10-8-11-13)14(2,3)4/h9H,5-8,10-11H2,1-4H3/b12-9-. The van der Waals surface area contributed by atoms with E-state index < -0.39 is 8.07 Å². The monoisotopic (exact) mass is 276 g/mol. The molecule has 0 aromatic carbocycles. The summed E-state index contributed by atoms with van der Waals surface area (Å²) in [5.74, 6) is 0. The molecule has 0 amide bonds. The molecule has 0 aliphatic rings. The summed E-state index contributed by atoms with van der Waals surface area (Å²) < 4.78 is 0. The SMILES string of the molecule is CCCC/C=C(/CCCBr)[Si](C)(C)C. The lowest BCUT2D eigenvalue weighted by Gasteiger charge is -2.21. The van der Waals surface area contributed by atoms with E-state index in [-0.39, 0.29) is 0 Å². The summed E-state index contributed by atoms with van der Waals surface area (Å²) in [6, 6.07) is 0. The summed E-state index contributed by atoms with van der Waals surface area (Å²) in [6.45, 7) is 9.64. The van der Waals surface area contributed by atoms with Gasteiger partial charge in [0.15, 0.2) is 0 Å². The van der Waals surface area contributed by atoms with Gasteiger partial charge in [-0.3, -0.25) is 0 Å². The summed E-state index contributed by atoms with van der Waals surface area (Å²) in [7, 11) is -1.03. The van der Waals surface area contributed by atoms with Crippen LogP contribution in [0, 0.1) is 0 Å². The van der Waals surface area contributed by atoms with Gasteiger partial charge in [-0.05, 0) is 19.3 Å². The Labute approximate surface area is 99.3 Å². The van der Waals surface area contributed by atoms with Crippen LogP contribution >= 0.6 is 15.9 Å². The van der Waals surface area contributed by atoms with E-state index in [2.05, 4.69) is 48.6 Å². The Bertz CT molecular complexity index is 168. The predicted octanol–water partition coefficient (Wildman–Crippen LogP) is 5.16. The molecule has 0 atom stereocenters. The van der Waals surface area contributed by atoms with E-state index in [1.807, 2.05) is 0 Å². The van der Waals surface area contributed by atoms with Crippen molar-refractivity contribution in [3.8, 4) is 0 Å². The highest BCUT2D eigenvalue weighted by Gasteiger charge is 2.18. The lowest BCUT2D eigenvalue weighted by atomic mass is 10.2. The van der Waals surface area contributed by atoms with Crippen LogP contribution in [0.2, 0.25) is 19.6 Å². The van der Waals surface area contributed by atoms with Crippen molar-refractivity contribution >= 4 is 24.0 Å². The van der Waals surface area contributed by atoms with Gasteiger partial charge >= 0.3 is 0 Å². The topological polar surface area (TPSA) is 0 Å². The molecule has 0 N–H and O–H groups in total. The van der Waals surface area contributed by atoms with Crippen LogP contribution in [0.4, 0.5) is 0 Å². The van der Waals surface area contributed by atoms with E-state index in [0.717, 1.165) is 5.33 Å². The Morgan fingerprint density at radius 1 is 1.21 bits per heavy atom. The zero-order chi connectivity index (χ0) is 11.0. The van der Waals surface area contributed by atoms with Crippen LogP contribution < -0.4 is 0 Å². The molecule has 0 saturated heterocycles. The van der Waals surface area contributed by atoms with Crippen LogP contribution in [-0.2, 0) is 0 Å². The number of hydrogen-bond donors (Lipinski definition) is 0. The zero-order valence-electron chi connectivity index (χ0n) is 10.2. The Morgan fingerprint density at radius 3 is 2.29 bits per heavy atom. The van der Waals surface area contributed by atoms with Gasteiger partial charge in [0.05, 0.1) is 8.07 Å². The largest absolute Gasteiger partial charge is 0.0928 e. The second-order valence-electron chi connectivity index (χ2n) is 4.91. The fourth-order valence-electron chi connectivity index (χ4n) is 1.52. The zero-order valence-corrected chi connectivity index (χ0v) is 12.8. The normalized spacial score (nSPS) is 13.4. The molecule has 0 unspecified atom stereocenters. The summed E-state index contributed by atoms with van der Waals surface area (Å²) in [5, 5.41) is 2.91. The van der Waals surface area contributed by atoms with E-state index in [1.165, 1.54) is 32.1 Å². The number of allylic oxidation sites excluding steroid dienone is 2. The molecule has 84 valence electrons. The molecule has 2 heteroatoms. The van der Waals surface area contributed by atoms with Crippen molar-refractivity contribution in [3.05, 3.63) is 11.3 Å². The minimum atomic E-state index is -1.03. The quantitative estimate of drug-likeness (QED) is 0.343. The van der Waals surface area contributed by atoms with Gasteiger partial charge in [0.25, 0.3) is 0 Å². The Hall–Kier alpha value is 0.437. The third kappa shape index (κ3) is 6.83. The number of alkyl halides is 1. The molecule has 0 rings (SSSR count). The lowest BCUT2D eigenvalue weighted by molar-refractivity contribution is 0.807. The Morgan fingerprint density at radius 2 is 1.86 bits per heavy atom. The smallest absolute Gasteiger partial charge is 0.0720 e. The second-order valence-corrected chi connectivity index (χ2v) is 10.8. The van der Waals surface area contributed by atoms with Crippen molar-refractivity contribution in [2.45, 2.75) is 58.7 Å². The van der Waals surface area contributed by atoms with Gasteiger partial charge in [-0.25, -0.2) is 0 Å². The first-order chi connectivity index (χ1) is 6.52. The maximum absolute atomic E-state index is 3.51. The van der Waals surface area contributed by atoms with Crippen LogP contribution in [0.1, 0.15) is 39.0 Å². The fraction of sp³-hybridized carbons (Fsp3) is 0.833. The highest BCUT2D eigenvalue weighted by molar-refractivity contribution is 9.09. The molecule has 0 aliphatic heterocycles. The van der Waals surface area contributed by atoms with E-state index in [4.69, 9.17) is 0 Å². The van der Waals surface area contributed by atoms with Gasteiger partial charge in [-0.15, -0.1) is 0 Å². The molecular weight excluding hydrogens is 252 g/mol. The van der Waals surface area contributed by atoms with Gasteiger partial charge in [-0.2, -0.15) is 0 Å². The third-order valence-corrected chi connectivity index (χ3v) is 5.43.